The molecule has 0 bridgehead atoms. The molecule has 3 heteroatoms. The van der Waals surface area contributed by atoms with Crippen LogP contribution in [0.15, 0.2) is 12.8 Å². The predicted molar refractivity (Wildman–Crippen MR) is 80.7 cm³/mol. The molecule has 1 saturated heterocycles. The van der Waals surface area contributed by atoms with E-state index < -0.39 is 0 Å². The second-order valence-electron chi connectivity index (χ2n) is 6.41. The first-order valence-electron chi connectivity index (χ1n) is 8.23. The highest BCUT2D eigenvalue weighted by Crippen LogP contribution is 2.38. The summed E-state index contributed by atoms with van der Waals surface area (Å²) in [7, 11) is 0. The standard InChI is InChI=1S/C17H30O3/c1-3-18-12-8-7-11-17(2,20-14-16-13-19-16)15-9-5-4-6-10-15/h3,15-16H,1,4-14H2,2H3. The van der Waals surface area contributed by atoms with Gasteiger partial charge in [0.15, 0.2) is 0 Å². The molecule has 0 aromatic carbocycles. The first-order chi connectivity index (χ1) is 9.74. The molecule has 2 unspecified atom stereocenters. The van der Waals surface area contributed by atoms with Gasteiger partial charge in [0.2, 0.25) is 0 Å². The van der Waals surface area contributed by atoms with Crippen LogP contribution < -0.4 is 0 Å². The van der Waals surface area contributed by atoms with Gasteiger partial charge in [0.1, 0.15) is 6.10 Å². The monoisotopic (exact) mass is 282 g/mol. The van der Waals surface area contributed by atoms with E-state index in [1.165, 1.54) is 38.4 Å². The van der Waals surface area contributed by atoms with Crippen LogP contribution in [-0.4, -0.2) is 31.5 Å². The van der Waals surface area contributed by atoms with Crippen molar-refractivity contribution in [3.63, 3.8) is 0 Å². The van der Waals surface area contributed by atoms with Crippen molar-refractivity contribution in [3.8, 4) is 0 Å². The predicted octanol–water partition coefficient (Wildman–Crippen LogP) is 4.07. The third-order valence-corrected chi connectivity index (χ3v) is 4.77. The Balaban J connectivity index is 1.78. The molecule has 1 aliphatic carbocycles. The van der Waals surface area contributed by atoms with Crippen LogP contribution in [0.1, 0.15) is 58.3 Å². The maximum Gasteiger partial charge on any atom is 0.104 e. The van der Waals surface area contributed by atoms with Gasteiger partial charge in [-0.1, -0.05) is 25.8 Å². The fourth-order valence-electron chi connectivity index (χ4n) is 3.30. The van der Waals surface area contributed by atoms with Crippen LogP contribution in [0.25, 0.3) is 0 Å². The van der Waals surface area contributed by atoms with Crippen molar-refractivity contribution in [3.05, 3.63) is 12.8 Å². The van der Waals surface area contributed by atoms with Gasteiger partial charge in [-0.15, -0.1) is 0 Å². The van der Waals surface area contributed by atoms with Crippen molar-refractivity contribution in [2.75, 3.05) is 19.8 Å². The summed E-state index contributed by atoms with van der Waals surface area (Å²) < 4.78 is 16.8. The number of epoxide rings is 1. The molecule has 0 spiro atoms. The van der Waals surface area contributed by atoms with E-state index in [1.54, 1.807) is 0 Å². The zero-order valence-electron chi connectivity index (χ0n) is 12.9. The van der Waals surface area contributed by atoms with Crippen LogP contribution in [0.5, 0.6) is 0 Å². The lowest BCUT2D eigenvalue weighted by molar-refractivity contribution is -0.0944. The lowest BCUT2D eigenvalue weighted by atomic mass is 9.75. The Bertz CT molecular complexity index is 282. The fraction of sp³-hybridized carbons (Fsp3) is 0.882. The maximum absolute atomic E-state index is 6.31. The highest BCUT2D eigenvalue weighted by molar-refractivity contribution is 4.87. The summed E-state index contributed by atoms with van der Waals surface area (Å²) in [6.45, 7) is 8.33. The minimum atomic E-state index is 0.0283. The smallest absolute Gasteiger partial charge is 0.104 e. The zero-order chi connectivity index (χ0) is 14.3. The first kappa shape index (κ1) is 15.8. The van der Waals surface area contributed by atoms with Crippen molar-refractivity contribution >= 4 is 0 Å². The lowest BCUT2D eigenvalue weighted by Gasteiger charge is -2.40. The summed E-state index contributed by atoms with van der Waals surface area (Å²) in [6, 6.07) is 0. The molecule has 116 valence electrons. The summed E-state index contributed by atoms with van der Waals surface area (Å²) in [5.74, 6) is 0.718. The molecule has 2 rings (SSSR count). The van der Waals surface area contributed by atoms with Crippen LogP contribution in [-0.2, 0) is 14.2 Å². The van der Waals surface area contributed by atoms with Gasteiger partial charge in [-0.2, -0.15) is 0 Å². The van der Waals surface area contributed by atoms with E-state index >= 15 is 0 Å². The lowest BCUT2D eigenvalue weighted by Crippen LogP contribution is -2.40. The molecule has 2 atom stereocenters. The summed E-state index contributed by atoms with van der Waals surface area (Å²) in [5.41, 5.74) is 0.0283. The first-order valence-corrected chi connectivity index (χ1v) is 8.23. The van der Waals surface area contributed by atoms with Gasteiger partial charge in [0.25, 0.3) is 0 Å². The van der Waals surface area contributed by atoms with E-state index in [9.17, 15) is 0 Å². The molecule has 2 fully saturated rings. The normalized spacial score (nSPS) is 25.9. The highest BCUT2D eigenvalue weighted by Gasteiger charge is 2.37. The molecule has 0 aromatic rings. The fourth-order valence-corrected chi connectivity index (χ4v) is 3.30. The summed E-state index contributed by atoms with van der Waals surface area (Å²) in [5, 5.41) is 0. The highest BCUT2D eigenvalue weighted by atomic mass is 16.6. The Kier molecular flexibility index (Phi) is 6.37. The molecule has 3 nitrogen and oxygen atoms in total. The van der Waals surface area contributed by atoms with Crippen LogP contribution in [0.2, 0.25) is 0 Å². The molecule has 0 aromatic heterocycles. The van der Waals surface area contributed by atoms with Gasteiger partial charge < -0.3 is 14.2 Å². The van der Waals surface area contributed by atoms with Crippen molar-refractivity contribution in [2.45, 2.75) is 70.0 Å². The quantitative estimate of drug-likeness (QED) is 0.344. The number of rotatable bonds is 10. The number of unbranched alkanes of at least 4 members (excludes halogenated alkanes) is 1. The van der Waals surface area contributed by atoms with Gasteiger partial charge in [-0.25, -0.2) is 0 Å². The molecule has 0 radical (unpaired) electrons. The Morgan fingerprint density at radius 2 is 2.00 bits per heavy atom. The largest absolute Gasteiger partial charge is 0.502 e. The van der Waals surface area contributed by atoms with Crippen LogP contribution in [0.4, 0.5) is 0 Å². The Labute approximate surface area is 123 Å². The summed E-state index contributed by atoms with van der Waals surface area (Å²) in [4.78, 5) is 0. The number of hydrogen-bond acceptors (Lipinski definition) is 3. The molecule has 0 amide bonds. The van der Waals surface area contributed by atoms with E-state index in [2.05, 4.69) is 13.5 Å². The SMILES string of the molecule is C=COCCCCC(C)(OCC1CO1)C1CCCCC1. The minimum absolute atomic E-state index is 0.0283. The zero-order valence-corrected chi connectivity index (χ0v) is 12.9. The maximum atomic E-state index is 6.31. The third-order valence-electron chi connectivity index (χ3n) is 4.77. The third kappa shape index (κ3) is 5.10. The minimum Gasteiger partial charge on any atom is -0.502 e. The average molecular weight is 282 g/mol. The van der Waals surface area contributed by atoms with E-state index in [-0.39, 0.29) is 5.60 Å². The average Bonchev–Trinajstić information content (AvgIpc) is 3.30. The van der Waals surface area contributed by atoms with Gasteiger partial charge in [0.05, 0.1) is 31.7 Å². The van der Waals surface area contributed by atoms with Crippen molar-refractivity contribution in [2.24, 2.45) is 5.92 Å². The topological polar surface area (TPSA) is 31.0 Å². The molecule has 1 saturated carbocycles. The van der Waals surface area contributed by atoms with Gasteiger partial charge in [0, 0.05) is 0 Å². The number of hydrogen-bond donors (Lipinski definition) is 0. The Morgan fingerprint density at radius 1 is 1.25 bits per heavy atom. The van der Waals surface area contributed by atoms with Crippen molar-refractivity contribution in [1.82, 2.24) is 0 Å². The van der Waals surface area contributed by atoms with E-state index in [0.717, 1.165) is 45.0 Å². The van der Waals surface area contributed by atoms with Gasteiger partial charge in [-0.3, -0.25) is 0 Å². The van der Waals surface area contributed by atoms with Crippen molar-refractivity contribution in [1.29, 1.82) is 0 Å². The molecule has 20 heavy (non-hydrogen) atoms. The molecule has 2 aliphatic rings. The van der Waals surface area contributed by atoms with Crippen LogP contribution >= 0.6 is 0 Å². The van der Waals surface area contributed by atoms with Crippen molar-refractivity contribution < 1.29 is 14.2 Å². The molecular formula is C17H30O3. The van der Waals surface area contributed by atoms with E-state index in [4.69, 9.17) is 14.2 Å². The molecule has 0 N–H and O–H groups in total. The van der Waals surface area contributed by atoms with E-state index in [0.29, 0.717) is 6.10 Å². The van der Waals surface area contributed by atoms with Gasteiger partial charge >= 0.3 is 0 Å². The second-order valence-corrected chi connectivity index (χ2v) is 6.41. The molecular weight excluding hydrogens is 252 g/mol. The van der Waals surface area contributed by atoms with Crippen LogP contribution in [0.3, 0.4) is 0 Å². The summed E-state index contributed by atoms with van der Waals surface area (Å²) in [6.07, 6.45) is 12.0. The molecule has 1 heterocycles. The second kappa shape index (κ2) is 8.04. The van der Waals surface area contributed by atoms with Gasteiger partial charge in [-0.05, 0) is 44.9 Å². The number of ether oxygens (including phenoxy) is 3. The molecule has 1 aliphatic heterocycles. The summed E-state index contributed by atoms with van der Waals surface area (Å²) >= 11 is 0. The van der Waals surface area contributed by atoms with E-state index in [1.807, 2.05) is 0 Å². The van der Waals surface area contributed by atoms with Crippen LogP contribution in [0, 0.1) is 5.92 Å². The Hall–Kier alpha value is -0.540. The Morgan fingerprint density at radius 3 is 2.65 bits per heavy atom.